The van der Waals surface area contributed by atoms with Gasteiger partial charge in [0.1, 0.15) is 0 Å². The minimum absolute atomic E-state index is 0.0563. The van der Waals surface area contributed by atoms with Crippen LogP contribution in [0.2, 0.25) is 5.02 Å². The number of nitrogens with two attached hydrogens (primary N) is 1. The van der Waals surface area contributed by atoms with Crippen molar-refractivity contribution >= 4 is 34.9 Å². The van der Waals surface area contributed by atoms with Crippen LogP contribution in [0.3, 0.4) is 0 Å². The van der Waals surface area contributed by atoms with Crippen LogP contribution in [-0.2, 0) is 4.79 Å². The number of hydrogen-bond acceptors (Lipinski definition) is 3. The second-order valence-corrected chi connectivity index (χ2v) is 5.79. The number of urea groups is 1. The normalized spacial score (nSPS) is 18.2. The lowest BCUT2D eigenvalue weighted by Gasteiger charge is -2.21. The number of rotatable bonds is 3. The molecule has 21 heavy (non-hydrogen) atoms. The van der Waals surface area contributed by atoms with Crippen molar-refractivity contribution in [2.24, 2.45) is 0 Å². The smallest absolute Gasteiger partial charge is 0.319 e. The fraction of sp³-hybridized carbons (Fsp3) is 0.429. The largest absolute Gasteiger partial charge is 0.399 e. The molecule has 6 nitrogen and oxygen atoms in total. The zero-order valence-electron chi connectivity index (χ0n) is 12.0. The number of nitrogens with one attached hydrogen (secondary N) is 2. The lowest BCUT2D eigenvalue weighted by molar-refractivity contribution is -0.129. The lowest BCUT2D eigenvalue weighted by atomic mass is 10.2. The van der Waals surface area contributed by atoms with E-state index in [1.54, 1.807) is 23.1 Å². The SMILES string of the molecule is CC(C)N1CC(NC(=O)Nc2ccc(N)cc2Cl)CC1=O. The first-order valence-corrected chi connectivity index (χ1v) is 7.16. The number of nitrogen functional groups attached to an aromatic ring is 1. The third-order valence-electron chi connectivity index (χ3n) is 3.36. The molecule has 1 atom stereocenters. The molecule has 1 aromatic rings. The zero-order valence-corrected chi connectivity index (χ0v) is 12.8. The maximum atomic E-state index is 11.9. The van der Waals surface area contributed by atoms with Gasteiger partial charge in [0.2, 0.25) is 5.91 Å². The van der Waals surface area contributed by atoms with E-state index < -0.39 is 0 Å². The van der Waals surface area contributed by atoms with Crippen molar-refractivity contribution in [3.8, 4) is 0 Å². The maximum Gasteiger partial charge on any atom is 0.319 e. The Hall–Kier alpha value is -1.95. The maximum absolute atomic E-state index is 11.9. The Morgan fingerprint density at radius 2 is 2.19 bits per heavy atom. The van der Waals surface area contributed by atoms with Gasteiger partial charge in [0, 0.05) is 24.7 Å². The number of halogens is 1. The van der Waals surface area contributed by atoms with E-state index >= 15 is 0 Å². The summed E-state index contributed by atoms with van der Waals surface area (Å²) in [5.41, 5.74) is 6.60. The Labute approximate surface area is 128 Å². The van der Waals surface area contributed by atoms with E-state index in [1.807, 2.05) is 13.8 Å². The highest BCUT2D eigenvalue weighted by atomic mass is 35.5. The minimum Gasteiger partial charge on any atom is -0.399 e. The molecule has 1 aliphatic rings. The van der Waals surface area contributed by atoms with E-state index in [9.17, 15) is 9.59 Å². The number of benzene rings is 1. The second-order valence-electron chi connectivity index (χ2n) is 5.38. The molecule has 7 heteroatoms. The van der Waals surface area contributed by atoms with E-state index in [-0.39, 0.29) is 24.0 Å². The molecular weight excluding hydrogens is 292 g/mol. The molecule has 3 amide bonds. The van der Waals surface area contributed by atoms with Crippen molar-refractivity contribution in [3.05, 3.63) is 23.2 Å². The van der Waals surface area contributed by atoms with Crippen molar-refractivity contribution < 1.29 is 9.59 Å². The van der Waals surface area contributed by atoms with E-state index in [0.29, 0.717) is 29.4 Å². The monoisotopic (exact) mass is 310 g/mol. The van der Waals surface area contributed by atoms with Crippen molar-refractivity contribution in [1.29, 1.82) is 0 Å². The molecule has 0 bridgehead atoms. The molecule has 1 aliphatic heterocycles. The summed E-state index contributed by atoms with van der Waals surface area (Å²) in [6.45, 7) is 4.43. The van der Waals surface area contributed by atoms with Crippen LogP contribution in [0.25, 0.3) is 0 Å². The van der Waals surface area contributed by atoms with Crippen LogP contribution in [0, 0.1) is 0 Å². The van der Waals surface area contributed by atoms with Crippen LogP contribution < -0.4 is 16.4 Å². The van der Waals surface area contributed by atoms with Gasteiger partial charge < -0.3 is 21.3 Å². The minimum atomic E-state index is -0.384. The number of carbonyl (C=O) groups is 2. The van der Waals surface area contributed by atoms with Crippen LogP contribution in [0.5, 0.6) is 0 Å². The molecule has 0 aliphatic carbocycles. The second kappa shape index (κ2) is 6.22. The van der Waals surface area contributed by atoms with Gasteiger partial charge in [0.25, 0.3) is 0 Å². The van der Waals surface area contributed by atoms with Gasteiger partial charge in [-0.05, 0) is 32.0 Å². The average Bonchev–Trinajstić information content (AvgIpc) is 2.74. The number of nitrogens with zero attached hydrogens (tertiary/aromatic N) is 1. The molecule has 1 unspecified atom stereocenters. The average molecular weight is 311 g/mol. The van der Waals surface area contributed by atoms with Gasteiger partial charge in [-0.25, -0.2) is 4.79 Å². The van der Waals surface area contributed by atoms with Gasteiger partial charge >= 0.3 is 6.03 Å². The summed E-state index contributed by atoms with van der Waals surface area (Å²) in [7, 11) is 0. The molecular formula is C14H19ClN4O2. The van der Waals surface area contributed by atoms with Gasteiger partial charge in [0.05, 0.1) is 16.8 Å². The fourth-order valence-corrected chi connectivity index (χ4v) is 2.54. The van der Waals surface area contributed by atoms with Crippen molar-refractivity contribution in [2.45, 2.75) is 32.4 Å². The van der Waals surface area contributed by atoms with E-state index in [2.05, 4.69) is 10.6 Å². The van der Waals surface area contributed by atoms with Gasteiger partial charge in [-0.3, -0.25) is 4.79 Å². The first-order chi connectivity index (χ1) is 9.86. The molecule has 1 fully saturated rings. The summed E-state index contributed by atoms with van der Waals surface area (Å²) < 4.78 is 0. The third kappa shape index (κ3) is 3.78. The topological polar surface area (TPSA) is 87.5 Å². The Morgan fingerprint density at radius 1 is 1.48 bits per heavy atom. The van der Waals surface area contributed by atoms with Gasteiger partial charge in [0.15, 0.2) is 0 Å². The van der Waals surface area contributed by atoms with Gasteiger partial charge in [-0.15, -0.1) is 0 Å². The Balaban J connectivity index is 1.92. The number of hydrogen-bond donors (Lipinski definition) is 3. The molecule has 1 saturated heterocycles. The Morgan fingerprint density at radius 3 is 2.76 bits per heavy atom. The fourth-order valence-electron chi connectivity index (χ4n) is 2.30. The number of anilines is 2. The summed E-state index contributed by atoms with van der Waals surface area (Å²) in [5.74, 6) is 0.0563. The van der Waals surface area contributed by atoms with Crippen LogP contribution in [0.4, 0.5) is 16.2 Å². The number of likely N-dealkylation sites (tertiary alicyclic amines) is 1. The summed E-state index contributed by atoms with van der Waals surface area (Å²) in [6, 6.07) is 4.42. The zero-order chi connectivity index (χ0) is 15.6. The summed E-state index contributed by atoms with van der Waals surface area (Å²) in [5, 5.41) is 5.81. The molecule has 1 heterocycles. The molecule has 114 valence electrons. The molecule has 0 spiro atoms. The quantitative estimate of drug-likeness (QED) is 0.747. The summed E-state index contributed by atoms with van der Waals surface area (Å²) in [6.07, 6.45) is 0.321. The summed E-state index contributed by atoms with van der Waals surface area (Å²) in [4.78, 5) is 25.5. The molecule has 4 N–H and O–H groups in total. The highest BCUT2D eigenvalue weighted by Crippen LogP contribution is 2.24. The predicted octanol–water partition coefficient (Wildman–Crippen LogP) is 2.05. The highest BCUT2D eigenvalue weighted by Gasteiger charge is 2.31. The van der Waals surface area contributed by atoms with Gasteiger partial charge in [-0.1, -0.05) is 11.6 Å². The molecule has 0 radical (unpaired) electrons. The van der Waals surface area contributed by atoms with E-state index in [4.69, 9.17) is 17.3 Å². The molecule has 0 aromatic heterocycles. The van der Waals surface area contributed by atoms with Crippen LogP contribution in [-0.4, -0.2) is 35.5 Å². The summed E-state index contributed by atoms with van der Waals surface area (Å²) >= 11 is 5.99. The number of amides is 3. The first-order valence-electron chi connectivity index (χ1n) is 6.79. The van der Waals surface area contributed by atoms with Crippen molar-refractivity contribution in [3.63, 3.8) is 0 Å². The van der Waals surface area contributed by atoms with E-state index in [1.165, 1.54) is 0 Å². The lowest BCUT2D eigenvalue weighted by Crippen LogP contribution is -2.40. The van der Waals surface area contributed by atoms with E-state index in [0.717, 1.165) is 0 Å². The molecule has 1 aromatic carbocycles. The standard InChI is InChI=1S/C14H19ClN4O2/c1-8(2)19-7-10(6-13(19)20)17-14(21)18-12-4-3-9(16)5-11(12)15/h3-5,8,10H,6-7,16H2,1-2H3,(H2,17,18,21). The van der Waals surface area contributed by atoms with Gasteiger partial charge in [-0.2, -0.15) is 0 Å². The van der Waals surface area contributed by atoms with Crippen molar-refractivity contribution in [2.75, 3.05) is 17.6 Å². The van der Waals surface area contributed by atoms with Crippen LogP contribution in [0.1, 0.15) is 20.3 Å². The van der Waals surface area contributed by atoms with Crippen LogP contribution in [0.15, 0.2) is 18.2 Å². The highest BCUT2D eigenvalue weighted by molar-refractivity contribution is 6.34. The Bertz CT molecular complexity index is 562. The first kappa shape index (κ1) is 15.4. The molecule has 2 rings (SSSR count). The number of carbonyl (C=O) groups excluding carboxylic acids is 2. The third-order valence-corrected chi connectivity index (χ3v) is 3.67. The van der Waals surface area contributed by atoms with Crippen molar-refractivity contribution in [1.82, 2.24) is 10.2 Å². The molecule has 0 saturated carbocycles. The Kier molecular flexibility index (Phi) is 4.57. The van der Waals surface area contributed by atoms with Crippen LogP contribution >= 0.6 is 11.6 Å². The predicted molar refractivity (Wildman–Crippen MR) is 83.3 cm³/mol.